The highest BCUT2D eigenvalue weighted by molar-refractivity contribution is 9.11. The Morgan fingerprint density at radius 2 is 2.00 bits per heavy atom. The SMILES string of the molecule is Cc1nc(COc2cccc(-c3cc(F)c(Cc4nc5ccc(C(=O)O)cc5n4CC4CCO4)cc3F)n2)sc1Br. The largest absolute Gasteiger partial charge is 0.478 e. The lowest BCUT2D eigenvalue weighted by Crippen LogP contribution is -2.31. The number of hydrogen-bond acceptors (Lipinski definition) is 7. The summed E-state index contributed by atoms with van der Waals surface area (Å²) in [5, 5.41) is 10.2. The van der Waals surface area contributed by atoms with Crippen LogP contribution in [0.25, 0.3) is 22.3 Å². The van der Waals surface area contributed by atoms with Crippen molar-refractivity contribution in [1.82, 2.24) is 19.5 Å². The number of nitrogens with zero attached hydrogens (tertiary/aromatic N) is 4. The fourth-order valence-corrected chi connectivity index (χ4v) is 5.99. The maximum Gasteiger partial charge on any atom is 0.335 e. The molecule has 0 aliphatic carbocycles. The van der Waals surface area contributed by atoms with Gasteiger partial charge in [0.05, 0.1) is 44.4 Å². The van der Waals surface area contributed by atoms with E-state index in [1.54, 1.807) is 30.3 Å². The third-order valence-corrected chi connectivity index (χ3v) is 8.84. The van der Waals surface area contributed by atoms with Gasteiger partial charge in [-0.2, -0.15) is 0 Å². The predicted molar refractivity (Wildman–Crippen MR) is 152 cm³/mol. The topological polar surface area (TPSA) is 99.4 Å². The van der Waals surface area contributed by atoms with Crippen molar-refractivity contribution in [2.24, 2.45) is 0 Å². The summed E-state index contributed by atoms with van der Waals surface area (Å²) in [6.07, 6.45) is 0.809. The van der Waals surface area contributed by atoms with Crippen LogP contribution in [0.15, 0.2) is 52.3 Å². The summed E-state index contributed by atoms with van der Waals surface area (Å²) in [6, 6.07) is 11.8. The fraction of sp³-hybridized carbons (Fsp3) is 0.241. The normalized spacial score (nSPS) is 14.8. The molecule has 0 spiro atoms. The van der Waals surface area contributed by atoms with Gasteiger partial charge in [-0.25, -0.2) is 28.5 Å². The number of rotatable bonds is 9. The van der Waals surface area contributed by atoms with Gasteiger partial charge in [-0.15, -0.1) is 11.3 Å². The van der Waals surface area contributed by atoms with Crippen molar-refractivity contribution < 1.29 is 28.2 Å². The summed E-state index contributed by atoms with van der Waals surface area (Å²) in [4.78, 5) is 24.9. The molecule has 12 heteroatoms. The maximum absolute atomic E-state index is 15.4. The molecular weight excluding hydrogens is 618 g/mol. The highest BCUT2D eigenvalue weighted by atomic mass is 79.9. The Bertz CT molecular complexity index is 1770. The number of thiazole rings is 1. The zero-order valence-electron chi connectivity index (χ0n) is 21.7. The maximum atomic E-state index is 15.4. The highest BCUT2D eigenvalue weighted by Crippen LogP contribution is 2.30. The molecule has 0 radical (unpaired) electrons. The van der Waals surface area contributed by atoms with E-state index >= 15 is 8.78 Å². The van der Waals surface area contributed by atoms with Gasteiger partial charge in [-0.1, -0.05) is 6.07 Å². The summed E-state index contributed by atoms with van der Waals surface area (Å²) >= 11 is 4.89. The molecule has 0 bridgehead atoms. The monoisotopic (exact) mass is 640 g/mol. The number of aryl methyl sites for hydroxylation is 1. The zero-order valence-corrected chi connectivity index (χ0v) is 24.1. The first-order chi connectivity index (χ1) is 19.7. The van der Waals surface area contributed by atoms with Gasteiger partial charge in [0.1, 0.15) is 29.1 Å². The second-order valence-electron chi connectivity index (χ2n) is 9.65. The molecule has 1 aliphatic rings. The first-order valence-electron chi connectivity index (χ1n) is 12.8. The second kappa shape index (κ2) is 11.3. The Morgan fingerprint density at radius 1 is 1.17 bits per heavy atom. The number of hydrogen-bond donors (Lipinski definition) is 1. The van der Waals surface area contributed by atoms with Crippen LogP contribution < -0.4 is 4.74 Å². The molecule has 1 unspecified atom stereocenters. The molecule has 2 aromatic carbocycles. The van der Waals surface area contributed by atoms with E-state index in [9.17, 15) is 9.90 Å². The van der Waals surface area contributed by atoms with Gasteiger partial charge in [-0.05, 0) is 71.2 Å². The quantitative estimate of drug-likeness (QED) is 0.195. The van der Waals surface area contributed by atoms with Crippen molar-refractivity contribution in [3.8, 4) is 17.1 Å². The highest BCUT2D eigenvalue weighted by Gasteiger charge is 2.23. The lowest BCUT2D eigenvalue weighted by atomic mass is 10.0. The molecule has 6 rings (SSSR count). The summed E-state index contributed by atoms with van der Waals surface area (Å²) in [5.41, 5.74) is 2.52. The van der Waals surface area contributed by atoms with Crippen molar-refractivity contribution in [2.75, 3.05) is 6.61 Å². The van der Waals surface area contributed by atoms with Crippen LogP contribution in [0.2, 0.25) is 0 Å². The summed E-state index contributed by atoms with van der Waals surface area (Å²) in [6.45, 7) is 3.17. The van der Waals surface area contributed by atoms with E-state index in [1.807, 2.05) is 11.5 Å². The Balaban J connectivity index is 1.27. The first kappa shape index (κ1) is 27.4. The van der Waals surface area contributed by atoms with Crippen LogP contribution in [-0.2, 0) is 24.3 Å². The average molecular weight is 641 g/mol. The number of pyridine rings is 1. The van der Waals surface area contributed by atoms with Gasteiger partial charge in [0, 0.05) is 24.7 Å². The van der Waals surface area contributed by atoms with Crippen LogP contribution in [0, 0.1) is 18.6 Å². The van der Waals surface area contributed by atoms with Crippen LogP contribution >= 0.6 is 27.3 Å². The molecule has 0 saturated carbocycles. The van der Waals surface area contributed by atoms with Crippen LogP contribution in [0.4, 0.5) is 8.78 Å². The van der Waals surface area contributed by atoms with Gasteiger partial charge < -0.3 is 19.1 Å². The van der Waals surface area contributed by atoms with E-state index in [1.165, 1.54) is 17.4 Å². The van der Waals surface area contributed by atoms with Gasteiger partial charge in [0.2, 0.25) is 5.88 Å². The van der Waals surface area contributed by atoms with Crippen LogP contribution in [0.5, 0.6) is 5.88 Å². The molecule has 210 valence electrons. The molecule has 1 atom stereocenters. The minimum atomic E-state index is -1.06. The average Bonchev–Trinajstić information content (AvgIpc) is 3.44. The number of carbonyl (C=O) groups is 1. The number of benzene rings is 2. The third kappa shape index (κ3) is 5.72. The van der Waals surface area contributed by atoms with Crippen LogP contribution in [-0.4, -0.2) is 43.3 Å². The minimum Gasteiger partial charge on any atom is -0.478 e. The van der Waals surface area contributed by atoms with Crippen molar-refractivity contribution in [3.05, 3.63) is 91.6 Å². The Hall–Kier alpha value is -3.74. The number of carboxylic acid groups (broad SMARTS) is 1. The van der Waals surface area contributed by atoms with Gasteiger partial charge in [0.25, 0.3) is 0 Å². The van der Waals surface area contributed by atoms with E-state index in [2.05, 4.69) is 30.9 Å². The molecule has 8 nitrogen and oxygen atoms in total. The molecule has 1 N–H and O–H groups in total. The number of carboxylic acids is 1. The number of imidazole rings is 1. The minimum absolute atomic E-state index is 0.00616. The van der Waals surface area contributed by atoms with E-state index in [4.69, 9.17) is 9.47 Å². The molecule has 4 heterocycles. The van der Waals surface area contributed by atoms with Gasteiger partial charge >= 0.3 is 5.97 Å². The van der Waals surface area contributed by atoms with Crippen LogP contribution in [0.1, 0.15) is 38.9 Å². The van der Waals surface area contributed by atoms with E-state index in [-0.39, 0.29) is 47.4 Å². The first-order valence-corrected chi connectivity index (χ1v) is 14.4. The number of aromatic nitrogens is 4. The van der Waals surface area contributed by atoms with Crippen molar-refractivity contribution >= 4 is 44.3 Å². The molecule has 3 aromatic heterocycles. The lowest BCUT2D eigenvalue weighted by Gasteiger charge is -2.27. The number of ether oxygens (including phenoxy) is 2. The van der Waals surface area contributed by atoms with Gasteiger partial charge in [-0.3, -0.25) is 0 Å². The molecule has 5 aromatic rings. The van der Waals surface area contributed by atoms with E-state index < -0.39 is 17.6 Å². The molecule has 0 amide bonds. The number of aromatic carboxylic acids is 1. The molecule has 1 saturated heterocycles. The number of fused-ring (bicyclic) bond motifs is 1. The number of halogens is 3. The molecule has 1 aliphatic heterocycles. The van der Waals surface area contributed by atoms with Crippen molar-refractivity contribution in [2.45, 2.75) is 39.0 Å². The summed E-state index contributed by atoms with van der Waals surface area (Å²) < 4.78 is 44.9. The standard InChI is InChI=1S/C29H23BrF2N4O4S/c1-15-28(30)41-27(33-15)14-40-26-4-2-3-22(35-26)19-12-20(31)17(9-21(19)32)11-25-34-23-6-5-16(29(37)38)10-24(23)36(25)13-18-7-8-39-18/h2-6,9-10,12,18H,7-8,11,13-14H2,1H3,(H,37,38). The lowest BCUT2D eigenvalue weighted by molar-refractivity contribution is -0.0589. The Labute approximate surface area is 245 Å². The summed E-state index contributed by atoms with van der Waals surface area (Å²) in [5.74, 6) is -1.55. The zero-order chi connectivity index (χ0) is 28.7. The molecular formula is C29H23BrF2N4O4S. The predicted octanol–water partition coefficient (Wildman–Crippen LogP) is 6.56. The summed E-state index contributed by atoms with van der Waals surface area (Å²) in [7, 11) is 0. The second-order valence-corrected chi connectivity index (χ2v) is 12.0. The molecule has 1 fully saturated rings. The Kier molecular flexibility index (Phi) is 7.54. The van der Waals surface area contributed by atoms with Crippen molar-refractivity contribution in [3.63, 3.8) is 0 Å². The van der Waals surface area contributed by atoms with Crippen LogP contribution in [0.3, 0.4) is 0 Å². The Morgan fingerprint density at radius 3 is 2.71 bits per heavy atom. The van der Waals surface area contributed by atoms with E-state index in [0.29, 0.717) is 30.0 Å². The van der Waals surface area contributed by atoms with Gasteiger partial charge in [0.15, 0.2) is 0 Å². The fourth-order valence-electron chi connectivity index (χ4n) is 4.64. The van der Waals surface area contributed by atoms with E-state index in [0.717, 1.165) is 33.0 Å². The molecule has 41 heavy (non-hydrogen) atoms. The van der Waals surface area contributed by atoms with Crippen molar-refractivity contribution in [1.29, 1.82) is 0 Å². The smallest absolute Gasteiger partial charge is 0.335 e. The third-order valence-electron chi connectivity index (χ3n) is 6.87.